The van der Waals surface area contributed by atoms with Gasteiger partial charge in [-0.05, 0) is 42.5 Å². The molecule has 0 bridgehead atoms. The summed E-state index contributed by atoms with van der Waals surface area (Å²) in [7, 11) is 0. The van der Waals surface area contributed by atoms with Gasteiger partial charge in [-0.25, -0.2) is 0 Å². The maximum atomic E-state index is 12.4. The van der Waals surface area contributed by atoms with Crippen molar-refractivity contribution in [2.45, 2.75) is 38.8 Å². The first-order valence-corrected chi connectivity index (χ1v) is 8.90. The summed E-state index contributed by atoms with van der Waals surface area (Å²) in [6, 6.07) is 18.8. The molecule has 2 aromatic rings. The molecule has 1 aliphatic rings. The van der Waals surface area contributed by atoms with E-state index in [0.29, 0.717) is 0 Å². The monoisotopic (exact) mass is 322 g/mol. The third-order valence-electron chi connectivity index (χ3n) is 4.80. The fourth-order valence-electron chi connectivity index (χ4n) is 3.24. The molecule has 0 spiro atoms. The molecule has 126 valence electrons. The Labute approximate surface area is 144 Å². The van der Waals surface area contributed by atoms with Crippen molar-refractivity contribution in [3.8, 4) is 0 Å². The van der Waals surface area contributed by atoms with E-state index in [1.807, 2.05) is 24.3 Å². The Hall–Kier alpha value is -2.13. The van der Waals surface area contributed by atoms with Gasteiger partial charge in [0.05, 0.1) is 0 Å². The average molecular weight is 322 g/mol. The predicted molar refractivity (Wildman–Crippen MR) is 98.0 cm³/mol. The van der Waals surface area contributed by atoms with Gasteiger partial charge >= 0.3 is 0 Å². The molecular weight excluding hydrogens is 296 g/mol. The van der Waals surface area contributed by atoms with E-state index in [0.717, 1.165) is 44.5 Å². The van der Waals surface area contributed by atoms with Gasteiger partial charge in [-0.3, -0.25) is 9.69 Å². The van der Waals surface area contributed by atoms with Gasteiger partial charge in [0.25, 0.3) is 5.91 Å². The summed E-state index contributed by atoms with van der Waals surface area (Å²) in [5.74, 6) is 0.0548. The Kier molecular flexibility index (Phi) is 5.65. The maximum absolute atomic E-state index is 12.4. The molecule has 3 nitrogen and oxygen atoms in total. The van der Waals surface area contributed by atoms with Crippen LogP contribution in [0.25, 0.3) is 0 Å². The van der Waals surface area contributed by atoms with Crippen LogP contribution in [-0.4, -0.2) is 29.9 Å². The lowest BCUT2D eigenvalue weighted by molar-refractivity contribution is 0.0909. The Balaban J connectivity index is 1.47. The Morgan fingerprint density at radius 3 is 2.29 bits per heavy atom. The minimum absolute atomic E-state index is 0.0548. The molecule has 0 aromatic heterocycles. The molecule has 3 heteroatoms. The van der Waals surface area contributed by atoms with Gasteiger partial charge in [0.15, 0.2) is 0 Å². The van der Waals surface area contributed by atoms with E-state index in [1.54, 1.807) is 0 Å². The number of amides is 1. The number of rotatable bonds is 5. The van der Waals surface area contributed by atoms with E-state index in [4.69, 9.17) is 0 Å². The Morgan fingerprint density at radius 1 is 1.00 bits per heavy atom. The molecule has 0 aliphatic carbocycles. The third kappa shape index (κ3) is 4.45. The van der Waals surface area contributed by atoms with Crippen molar-refractivity contribution < 1.29 is 4.79 Å². The highest BCUT2D eigenvalue weighted by Crippen LogP contribution is 2.14. The van der Waals surface area contributed by atoms with Crippen LogP contribution in [0.5, 0.6) is 0 Å². The molecule has 1 saturated heterocycles. The van der Waals surface area contributed by atoms with E-state index < -0.39 is 0 Å². The highest BCUT2D eigenvalue weighted by Gasteiger charge is 2.21. The van der Waals surface area contributed by atoms with Crippen LogP contribution in [-0.2, 0) is 13.0 Å². The highest BCUT2D eigenvalue weighted by atomic mass is 16.1. The number of hydrogen-bond donors (Lipinski definition) is 1. The van der Waals surface area contributed by atoms with E-state index in [1.165, 1.54) is 11.1 Å². The number of benzene rings is 2. The molecule has 1 aliphatic heterocycles. The SMILES string of the molecule is CCc1ccc(C(=O)NC2CCN(Cc3ccccc3)CC2)cc1. The van der Waals surface area contributed by atoms with Crippen molar-refractivity contribution in [1.29, 1.82) is 0 Å². The van der Waals surface area contributed by atoms with Gasteiger partial charge < -0.3 is 5.32 Å². The zero-order chi connectivity index (χ0) is 16.8. The van der Waals surface area contributed by atoms with Crippen molar-refractivity contribution in [3.63, 3.8) is 0 Å². The number of aryl methyl sites for hydroxylation is 1. The van der Waals surface area contributed by atoms with Gasteiger partial charge in [-0.15, -0.1) is 0 Å². The first kappa shape index (κ1) is 16.7. The standard InChI is InChI=1S/C21H26N2O/c1-2-17-8-10-19(11-9-17)21(24)22-20-12-14-23(15-13-20)16-18-6-4-3-5-7-18/h3-11,20H,2,12-16H2,1H3,(H,22,24). The Bertz CT molecular complexity index is 643. The fraction of sp³-hybridized carbons (Fsp3) is 0.381. The molecule has 0 atom stereocenters. The van der Waals surface area contributed by atoms with Crippen LogP contribution in [0.2, 0.25) is 0 Å². The summed E-state index contributed by atoms with van der Waals surface area (Å²) in [5, 5.41) is 3.19. The molecular formula is C21H26N2O. The number of likely N-dealkylation sites (tertiary alicyclic amines) is 1. The van der Waals surface area contributed by atoms with Crippen LogP contribution >= 0.6 is 0 Å². The van der Waals surface area contributed by atoms with Crippen LogP contribution in [0.4, 0.5) is 0 Å². The quantitative estimate of drug-likeness (QED) is 0.911. The van der Waals surface area contributed by atoms with E-state index in [-0.39, 0.29) is 11.9 Å². The van der Waals surface area contributed by atoms with Gasteiger partial charge in [0.2, 0.25) is 0 Å². The van der Waals surface area contributed by atoms with Crippen LogP contribution in [0.3, 0.4) is 0 Å². The zero-order valence-electron chi connectivity index (χ0n) is 14.4. The van der Waals surface area contributed by atoms with Crippen molar-refractivity contribution in [2.75, 3.05) is 13.1 Å². The first-order valence-electron chi connectivity index (χ1n) is 8.90. The van der Waals surface area contributed by atoms with E-state index in [9.17, 15) is 4.79 Å². The van der Waals surface area contributed by atoms with Crippen LogP contribution in [0.15, 0.2) is 54.6 Å². The first-order chi connectivity index (χ1) is 11.7. The molecule has 2 aromatic carbocycles. The van der Waals surface area contributed by atoms with Gasteiger partial charge in [0.1, 0.15) is 0 Å². The van der Waals surface area contributed by atoms with Gasteiger partial charge in [-0.2, -0.15) is 0 Å². The van der Waals surface area contributed by atoms with Gasteiger partial charge in [0, 0.05) is 31.2 Å². The van der Waals surface area contributed by atoms with Crippen LogP contribution in [0.1, 0.15) is 41.3 Å². The number of nitrogens with zero attached hydrogens (tertiary/aromatic N) is 1. The van der Waals surface area contributed by atoms with Crippen LogP contribution in [0, 0.1) is 0 Å². The normalized spacial score (nSPS) is 16.0. The van der Waals surface area contributed by atoms with Crippen molar-refractivity contribution in [3.05, 3.63) is 71.3 Å². The molecule has 1 amide bonds. The van der Waals surface area contributed by atoms with Crippen molar-refractivity contribution in [2.24, 2.45) is 0 Å². The number of hydrogen-bond acceptors (Lipinski definition) is 2. The number of piperidine rings is 1. The second-order valence-electron chi connectivity index (χ2n) is 6.56. The summed E-state index contributed by atoms with van der Waals surface area (Å²) in [5.41, 5.74) is 3.38. The van der Waals surface area contributed by atoms with Crippen molar-refractivity contribution in [1.82, 2.24) is 10.2 Å². The summed E-state index contributed by atoms with van der Waals surface area (Å²) >= 11 is 0. The summed E-state index contributed by atoms with van der Waals surface area (Å²) in [6.07, 6.45) is 3.04. The predicted octanol–water partition coefficient (Wildman–Crippen LogP) is 3.64. The second kappa shape index (κ2) is 8.11. The fourth-order valence-corrected chi connectivity index (χ4v) is 3.24. The second-order valence-corrected chi connectivity index (χ2v) is 6.56. The lowest BCUT2D eigenvalue weighted by atomic mass is 10.0. The zero-order valence-corrected chi connectivity index (χ0v) is 14.4. The van der Waals surface area contributed by atoms with Crippen LogP contribution < -0.4 is 5.32 Å². The summed E-state index contributed by atoms with van der Waals surface area (Å²) in [4.78, 5) is 14.8. The molecule has 0 radical (unpaired) electrons. The topological polar surface area (TPSA) is 32.3 Å². The van der Waals surface area contributed by atoms with E-state index in [2.05, 4.69) is 47.5 Å². The minimum Gasteiger partial charge on any atom is -0.349 e. The molecule has 0 saturated carbocycles. The maximum Gasteiger partial charge on any atom is 0.251 e. The highest BCUT2D eigenvalue weighted by molar-refractivity contribution is 5.94. The minimum atomic E-state index is 0.0548. The summed E-state index contributed by atoms with van der Waals surface area (Å²) < 4.78 is 0. The van der Waals surface area contributed by atoms with E-state index >= 15 is 0 Å². The number of carbonyl (C=O) groups excluding carboxylic acids is 1. The molecule has 24 heavy (non-hydrogen) atoms. The lowest BCUT2D eigenvalue weighted by Crippen LogP contribution is -2.44. The molecule has 1 fully saturated rings. The Morgan fingerprint density at radius 2 is 1.67 bits per heavy atom. The lowest BCUT2D eigenvalue weighted by Gasteiger charge is -2.32. The molecule has 0 unspecified atom stereocenters. The number of carbonyl (C=O) groups is 1. The largest absolute Gasteiger partial charge is 0.349 e. The average Bonchev–Trinajstić information content (AvgIpc) is 2.64. The smallest absolute Gasteiger partial charge is 0.251 e. The summed E-state index contributed by atoms with van der Waals surface area (Å²) in [6.45, 7) is 5.20. The van der Waals surface area contributed by atoms with Gasteiger partial charge in [-0.1, -0.05) is 49.4 Å². The number of nitrogens with one attached hydrogen (secondary N) is 1. The molecule has 3 rings (SSSR count). The van der Waals surface area contributed by atoms with Crippen molar-refractivity contribution >= 4 is 5.91 Å². The molecule has 1 heterocycles. The third-order valence-corrected chi connectivity index (χ3v) is 4.80. The molecule has 1 N–H and O–H groups in total.